The molecule has 62 valence electrons. The van der Waals surface area contributed by atoms with Crippen molar-refractivity contribution in [3.05, 3.63) is 22.2 Å². The van der Waals surface area contributed by atoms with Gasteiger partial charge in [-0.05, 0) is 19.1 Å². The Morgan fingerprint density at radius 2 is 2.25 bits per heavy atom. The molecule has 2 nitrogen and oxygen atoms in total. The quantitative estimate of drug-likeness (QED) is 0.662. The second-order valence-electron chi connectivity index (χ2n) is 2.57. The van der Waals surface area contributed by atoms with E-state index >= 15 is 0 Å². The number of halogens is 1. The Morgan fingerprint density at radius 1 is 1.50 bits per heavy atom. The summed E-state index contributed by atoms with van der Waals surface area (Å²) in [5.41, 5.74) is 7.19. The summed E-state index contributed by atoms with van der Waals surface area (Å²) in [6.45, 7) is 1.97. The molecule has 0 unspecified atom stereocenters. The number of anilines is 1. The Morgan fingerprint density at radius 3 is 3.00 bits per heavy atom. The highest BCUT2D eigenvalue weighted by atomic mass is 35.5. The van der Waals surface area contributed by atoms with E-state index in [1.807, 2.05) is 13.0 Å². The van der Waals surface area contributed by atoms with Crippen LogP contribution in [0.5, 0.6) is 0 Å². The van der Waals surface area contributed by atoms with Gasteiger partial charge in [0.2, 0.25) is 0 Å². The van der Waals surface area contributed by atoms with Gasteiger partial charge in [-0.25, -0.2) is 4.98 Å². The van der Waals surface area contributed by atoms with Crippen LogP contribution in [0.25, 0.3) is 10.2 Å². The van der Waals surface area contributed by atoms with Gasteiger partial charge < -0.3 is 5.73 Å². The van der Waals surface area contributed by atoms with Crippen molar-refractivity contribution >= 4 is 38.8 Å². The Kier molecular flexibility index (Phi) is 1.70. The van der Waals surface area contributed by atoms with Gasteiger partial charge in [0.1, 0.15) is 0 Å². The lowest BCUT2D eigenvalue weighted by molar-refractivity contribution is 1.35. The molecule has 0 spiro atoms. The highest BCUT2D eigenvalue weighted by Crippen LogP contribution is 2.29. The molecule has 1 heterocycles. The predicted octanol–water partition coefficient (Wildman–Crippen LogP) is 2.84. The van der Waals surface area contributed by atoms with Crippen molar-refractivity contribution in [2.45, 2.75) is 6.92 Å². The third kappa shape index (κ3) is 1.15. The minimum absolute atomic E-state index is 0.577. The van der Waals surface area contributed by atoms with E-state index in [0.717, 1.165) is 15.2 Å². The number of aromatic nitrogens is 1. The van der Waals surface area contributed by atoms with Gasteiger partial charge >= 0.3 is 0 Å². The van der Waals surface area contributed by atoms with E-state index in [0.29, 0.717) is 10.7 Å². The fraction of sp³-hybridized carbons (Fsp3) is 0.125. The van der Waals surface area contributed by atoms with Crippen LogP contribution in [0.3, 0.4) is 0 Å². The van der Waals surface area contributed by atoms with Gasteiger partial charge in [-0.2, -0.15) is 0 Å². The Hall–Kier alpha value is -0.800. The van der Waals surface area contributed by atoms with Crippen LogP contribution in [0, 0.1) is 6.92 Å². The molecular formula is C8H7ClN2S. The Bertz CT molecular complexity index is 397. The van der Waals surface area contributed by atoms with Crippen LogP contribution >= 0.6 is 22.9 Å². The van der Waals surface area contributed by atoms with E-state index in [1.165, 1.54) is 0 Å². The fourth-order valence-electron chi connectivity index (χ4n) is 1.08. The number of fused-ring (bicyclic) bond motifs is 1. The fourth-order valence-corrected chi connectivity index (χ4v) is 2.09. The summed E-state index contributed by atoms with van der Waals surface area (Å²) in [6.07, 6.45) is 0. The SMILES string of the molecule is Cc1nc2cc(Cl)c(N)cc2s1. The molecule has 2 rings (SSSR count). The van der Waals surface area contributed by atoms with E-state index in [9.17, 15) is 0 Å². The number of nitrogen functional groups attached to an aromatic ring is 1. The average molecular weight is 199 g/mol. The van der Waals surface area contributed by atoms with Crippen LogP contribution in [-0.2, 0) is 0 Å². The van der Waals surface area contributed by atoms with Gasteiger partial charge in [0.15, 0.2) is 0 Å². The molecule has 0 amide bonds. The highest BCUT2D eigenvalue weighted by Gasteiger charge is 2.03. The van der Waals surface area contributed by atoms with E-state index in [-0.39, 0.29) is 0 Å². The maximum atomic E-state index is 5.84. The standard InChI is InChI=1S/C8H7ClN2S/c1-4-11-7-2-5(9)6(10)3-8(7)12-4/h2-3H,10H2,1H3. The smallest absolute Gasteiger partial charge is 0.0907 e. The number of hydrogen-bond donors (Lipinski definition) is 1. The molecule has 1 aromatic carbocycles. The van der Waals surface area contributed by atoms with Crippen molar-refractivity contribution in [3.8, 4) is 0 Å². The second kappa shape index (κ2) is 2.61. The van der Waals surface area contributed by atoms with Gasteiger partial charge in [-0.15, -0.1) is 11.3 Å². The first-order chi connectivity index (χ1) is 5.66. The molecule has 0 saturated carbocycles. The first-order valence-electron chi connectivity index (χ1n) is 3.49. The first-order valence-corrected chi connectivity index (χ1v) is 4.68. The summed E-state index contributed by atoms with van der Waals surface area (Å²) in [5.74, 6) is 0. The zero-order chi connectivity index (χ0) is 8.72. The largest absolute Gasteiger partial charge is 0.397 e. The summed E-state index contributed by atoms with van der Waals surface area (Å²) < 4.78 is 1.09. The van der Waals surface area contributed by atoms with Crippen LogP contribution in [0.4, 0.5) is 5.69 Å². The van der Waals surface area contributed by atoms with Gasteiger partial charge in [0, 0.05) is 0 Å². The van der Waals surface area contributed by atoms with E-state index in [4.69, 9.17) is 17.3 Å². The number of nitrogens with zero attached hydrogens (tertiary/aromatic N) is 1. The van der Waals surface area contributed by atoms with Crippen molar-refractivity contribution < 1.29 is 0 Å². The molecule has 0 aliphatic carbocycles. The van der Waals surface area contributed by atoms with E-state index in [1.54, 1.807) is 17.4 Å². The maximum absolute atomic E-state index is 5.84. The van der Waals surface area contributed by atoms with Gasteiger partial charge in [0.05, 0.1) is 25.9 Å². The molecule has 0 bridgehead atoms. The van der Waals surface area contributed by atoms with Crippen LogP contribution < -0.4 is 5.73 Å². The lowest BCUT2D eigenvalue weighted by Gasteiger charge is -1.95. The van der Waals surface area contributed by atoms with Crippen LogP contribution in [0.2, 0.25) is 5.02 Å². The topological polar surface area (TPSA) is 38.9 Å². The molecule has 2 aromatic rings. The van der Waals surface area contributed by atoms with Crippen LogP contribution in [0.15, 0.2) is 12.1 Å². The van der Waals surface area contributed by atoms with E-state index < -0.39 is 0 Å². The normalized spacial score (nSPS) is 10.8. The lowest BCUT2D eigenvalue weighted by Crippen LogP contribution is -1.84. The minimum Gasteiger partial charge on any atom is -0.397 e. The molecular weight excluding hydrogens is 192 g/mol. The van der Waals surface area contributed by atoms with Crippen molar-refractivity contribution in [3.63, 3.8) is 0 Å². The van der Waals surface area contributed by atoms with Gasteiger partial charge in [-0.1, -0.05) is 11.6 Å². The van der Waals surface area contributed by atoms with Gasteiger partial charge in [-0.3, -0.25) is 0 Å². The molecule has 0 radical (unpaired) electrons. The number of hydrogen-bond acceptors (Lipinski definition) is 3. The molecule has 0 aliphatic rings. The van der Waals surface area contributed by atoms with Crippen molar-refractivity contribution in [2.75, 3.05) is 5.73 Å². The average Bonchev–Trinajstić information content (AvgIpc) is 2.30. The number of aryl methyl sites for hydroxylation is 1. The molecule has 0 fully saturated rings. The second-order valence-corrected chi connectivity index (χ2v) is 4.22. The third-order valence-electron chi connectivity index (χ3n) is 1.61. The predicted molar refractivity (Wildman–Crippen MR) is 53.8 cm³/mol. The van der Waals surface area contributed by atoms with Crippen molar-refractivity contribution in [2.24, 2.45) is 0 Å². The molecule has 1 aromatic heterocycles. The van der Waals surface area contributed by atoms with Crippen molar-refractivity contribution in [1.82, 2.24) is 4.98 Å². The summed E-state index contributed by atoms with van der Waals surface area (Å²) >= 11 is 7.46. The molecule has 4 heteroatoms. The van der Waals surface area contributed by atoms with Crippen LogP contribution in [0.1, 0.15) is 5.01 Å². The molecule has 0 saturated heterocycles. The maximum Gasteiger partial charge on any atom is 0.0907 e. The monoisotopic (exact) mass is 198 g/mol. The zero-order valence-electron chi connectivity index (χ0n) is 6.47. The Balaban J connectivity index is 2.83. The van der Waals surface area contributed by atoms with Crippen molar-refractivity contribution in [1.29, 1.82) is 0 Å². The number of benzene rings is 1. The first kappa shape index (κ1) is 7.83. The number of nitrogens with two attached hydrogens (primary N) is 1. The molecule has 0 atom stereocenters. The Labute approximate surface area is 79.0 Å². The van der Waals surface area contributed by atoms with Crippen LogP contribution in [-0.4, -0.2) is 4.98 Å². The zero-order valence-corrected chi connectivity index (χ0v) is 8.04. The number of thiazole rings is 1. The highest BCUT2D eigenvalue weighted by molar-refractivity contribution is 7.18. The third-order valence-corrected chi connectivity index (χ3v) is 2.87. The molecule has 2 N–H and O–H groups in total. The summed E-state index contributed by atoms with van der Waals surface area (Å²) in [7, 11) is 0. The minimum atomic E-state index is 0.577. The number of rotatable bonds is 0. The lowest BCUT2D eigenvalue weighted by atomic mass is 10.3. The summed E-state index contributed by atoms with van der Waals surface area (Å²) in [6, 6.07) is 3.66. The van der Waals surface area contributed by atoms with E-state index in [2.05, 4.69) is 4.98 Å². The summed E-state index contributed by atoms with van der Waals surface area (Å²) in [4.78, 5) is 4.29. The molecule has 0 aliphatic heterocycles. The molecule has 12 heavy (non-hydrogen) atoms. The summed E-state index contributed by atoms with van der Waals surface area (Å²) in [5, 5.41) is 1.61. The van der Waals surface area contributed by atoms with Gasteiger partial charge in [0.25, 0.3) is 0 Å².